The summed E-state index contributed by atoms with van der Waals surface area (Å²) < 4.78 is 4.79. The number of likely N-dealkylation sites (tertiary alicyclic amines) is 1. The van der Waals surface area contributed by atoms with Gasteiger partial charge < -0.3 is 4.74 Å². The van der Waals surface area contributed by atoms with Crippen molar-refractivity contribution in [2.24, 2.45) is 0 Å². The molecule has 0 aromatic heterocycles. The van der Waals surface area contributed by atoms with Gasteiger partial charge in [-0.25, -0.2) is 0 Å². The number of allylic oxidation sites excluding steroid dienone is 1. The molecule has 1 aliphatic heterocycles. The summed E-state index contributed by atoms with van der Waals surface area (Å²) in [7, 11) is 1.47. The molecular formula is C11H17NO2. The van der Waals surface area contributed by atoms with Gasteiger partial charge in [-0.05, 0) is 32.2 Å². The summed E-state index contributed by atoms with van der Waals surface area (Å²) in [6.45, 7) is 1.96. The minimum Gasteiger partial charge on any atom is -0.468 e. The molecule has 14 heavy (non-hydrogen) atoms. The number of rotatable bonds is 3. The van der Waals surface area contributed by atoms with Crippen LogP contribution in [0.3, 0.4) is 0 Å². The van der Waals surface area contributed by atoms with Crippen LogP contribution in [0.5, 0.6) is 0 Å². The highest BCUT2D eigenvalue weighted by molar-refractivity contribution is 5.76. The fraction of sp³-hybridized carbons (Fsp3) is 0.727. The van der Waals surface area contributed by atoms with Crippen molar-refractivity contribution < 1.29 is 9.53 Å². The van der Waals surface area contributed by atoms with E-state index in [1.807, 2.05) is 0 Å². The average Bonchev–Trinajstić information content (AvgIpc) is 2.92. The fourth-order valence-corrected chi connectivity index (χ4v) is 1.97. The molecule has 78 valence electrons. The highest BCUT2D eigenvalue weighted by Gasteiger charge is 2.30. The summed E-state index contributed by atoms with van der Waals surface area (Å²) in [6, 6.07) is 0.00981. The molecule has 1 aliphatic carbocycles. The number of ether oxygens (including phenoxy) is 1. The van der Waals surface area contributed by atoms with Gasteiger partial charge in [-0.1, -0.05) is 11.6 Å². The quantitative estimate of drug-likeness (QED) is 0.503. The van der Waals surface area contributed by atoms with Crippen LogP contribution in [0.15, 0.2) is 11.6 Å². The lowest BCUT2D eigenvalue weighted by atomic mass is 10.2. The molecule has 3 nitrogen and oxygen atoms in total. The number of esters is 1. The first-order valence-electron chi connectivity index (χ1n) is 5.31. The zero-order valence-electron chi connectivity index (χ0n) is 8.66. The minimum absolute atomic E-state index is 0.00981. The molecule has 3 heteroatoms. The number of hydrogen-bond donors (Lipinski definition) is 0. The molecule has 0 aromatic carbocycles. The van der Waals surface area contributed by atoms with E-state index in [1.54, 1.807) is 5.57 Å². The molecule has 0 aromatic rings. The van der Waals surface area contributed by atoms with Gasteiger partial charge in [0.05, 0.1) is 7.11 Å². The summed E-state index contributed by atoms with van der Waals surface area (Å²) in [6.07, 6.45) is 6.85. The number of hydrogen-bond acceptors (Lipinski definition) is 3. The summed E-state index contributed by atoms with van der Waals surface area (Å²) in [5, 5.41) is 0. The Bertz CT molecular complexity index is 254. The second-order valence-corrected chi connectivity index (χ2v) is 4.04. The fourth-order valence-electron chi connectivity index (χ4n) is 1.97. The monoisotopic (exact) mass is 195 g/mol. The van der Waals surface area contributed by atoms with E-state index >= 15 is 0 Å². The molecule has 0 unspecified atom stereocenters. The molecular weight excluding hydrogens is 178 g/mol. The smallest absolute Gasteiger partial charge is 0.323 e. The highest BCUT2D eigenvalue weighted by Crippen LogP contribution is 2.28. The Hall–Kier alpha value is -0.830. The van der Waals surface area contributed by atoms with E-state index in [1.165, 1.54) is 20.0 Å². The second kappa shape index (κ2) is 4.13. The SMILES string of the molecule is COC(=O)[C@H]1CCCN1CC=C1CC1. The summed E-state index contributed by atoms with van der Waals surface area (Å²) in [5.74, 6) is -0.0725. The number of methoxy groups -OCH3 is 1. The third-order valence-electron chi connectivity index (χ3n) is 2.99. The minimum atomic E-state index is -0.0725. The Morgan fingerprint density at radius 3 is 3.07 bits per heavy atom. The zero-order valence-corrected chi connectivity index (χ0v) is 8.66. The Morgan fingerprint density at radius 1 is 1.64 bits per heavy atom. The molecule has 2 fully saturated rings. The first-order valence-corrected chi connectivity index (χ1v) is 5.31. The lowest BCUT2D eigenvalue weighted by Crippen LogP contribution is -2.36. The third-order valence-corrected chi connectivity index (χ3v) is 2.99. The third kappa shape index (κ3) is 2.15. The van der Waals surface area contributed by atoms with Gasteiger partial charge in [0.1, 0.15) is 6.04 Å². The first kappa shape index (κ1) is 9.71. The second-order valence-electron chi connectivity index (χ2n) is 4.04. The van der Waals surface area contributed by atoms with Crippen molar-refractivity contribution in [3.8, 4) is 0 Å². The molecule has 2 aliphatic rings. The van der Waals surface area contributed by atoms with Crippen LogP contribution >= 0.6 is 0 Å². The van der Waals surface area contributed by atoms with E-state index in [2.05, 4.69) is 11.0 Å². The molecule has 1 atom stereocenters. The van der Waals surface area contributed by atoms with E-state index in [0.717, 1.165) is 25.9 Å². The largest absolute Gasteiger partial charge is 0.468 e. The van der Waals surface area contributed by atoms with E-state index in [0.29, 0.717) is 0 Å². The van der Waals surface area contributed by atoms with Crippen molar-refractivity contribution >= 4 is 5.97 Å². The maximum absolute atomic E-state index is 11.4. The van der Waals surface area contributed by atoms with Crippen LogP contribution in [0, 0.1) is 0 Å². The van der Waals surface area contributed by atoms with Gasteiger partial charge in [0.2, 0.25) is 0 Å². The first-order chi connectivity index (χ1) is 6.81. The normalized spacial score (nSPS) is 26.4. The average molecular weight is 195 g/mol. The van der Waals surface area contributed by atoms with E-state index in [9.17, 15) is 4.79 Å². The van der Waals surface area contributed by atoms with Crippen LogP contribution in [0.2, 0.25) is 0 Å². The standard InChI is InChI=1S/C11H17NO2/c1-14-11(13)10-3-2-7-12(10)8-6-9-4-5-9/h6,10H,2-5,7-8H2,1H3/t10-/m1/s1. The zero-order chi connectivity index (χ0) is 9.97. The topological polar surface area (TPSA) is 29.5 Å². The van der Waals surface area contributed by atoms with Crippen LogP contribution in [0.4, 0.5) is 0 Å². The summed E-state index contributed by atoms with van der Waals surface area (Å²) in [5.41, 5.74) is 1.54. The van der Waals surface area contributed by atoms with Crippen LogP contribution < -0.4 is 0 Å². The summed E-state index contributed by atoms with van der Waals surface area (Å²) >= 11 is 0. The van der Waals surface area contributed by atoms with Crippen molar-refractivity contribution in [3.63, 3.8) is 0 Å². The molecule has 1 heterocycles. The molecule has 0 radical (unpaired) electrons. The predicted molar refractivity (Wildman–Crippen MR) is 53.9 cm³/mol. The maximum atomic E-state index is 11.4. The molecule has 1 saturated heterocycles. The van der Waals surface area contributed by atoms with Crippen molar-refractivity contribution in [2.75, 3.05) is 20.2 Å². The Labute approximate surface area is 84.7 Å². The van der Waals surface area contributed by atoms with Crippen LogP contribution in [0.1, 0.15) is 25.7 Å². The van der Waals surface area contributed by atoms with Crippen LogP contribution in [0.25, 0.3) is 0 Å². The van der Waals surface area contributed by atoms with Crippen LogP contribution in [-0.2, 0) is 9.53 Å². The van der Waals surface area contributed by atoms with Gasteiger partial charge in [0, 0.05) is 6.54 Å². The van der Waals surface area contributed by atoms with Gasteiger partial charge >= 0.3 is 5.97 Å². The number of nitrogens with zero attached hydrogens (tertiary/aromatic N) is 1. The maximum Gasteiger partial charge on any atom is 0.323 e. The van der Waals surface area contributed by atoms with Gasteiger partial charge in [0.15, 0.2) is 0 Å². The van der Waals surface area contributed by atoms with Crippen molar-refractivity contribution in [2.45, 2.75) is 31.7 Å². The molecule has 2 rings (SSSR count). The molecule has 0 bridgehead atoms. The van der Waals surface area contributed by atoms with Crippen LogP contribution in [-0.4, -0.2) is 37.1 Å². The molecule has 0 spiro atoms. The van der Waals surface area contributed by atoms with Gasteiger partial charge in [0.25, 0.3) is 0 Å². The van der Waals surface area contributed by atoms with Gasteiger partial charge in [-0.3, -0.25) is 9.69 Å². The Morgan fingerprint density at radius 2 is 2.43 bits per heavy atom. The number of carbonyl (C=O) groups excluding carboxylic acids is 1. The lowest BCUT2D eigenvalue weighted by Gasteiger charge is -2.20. The van der Waals surface area contributed by atoms with Crippen molar-refractivity contribution in [1.82, 2.24) is 4.90 Å². The molecule has 0 amide bonds. The number of carbonyl (C=O) groups is 1. The van der Waals surface area contributed by atoms with E-state index < -0.39 is 0 Å². The molecule has 1 saturated carbocycles. The molecule has 0 N–H and O–H groups in total. The lowest BCUT2D eigenvalue weighted by molar-refractivity contribution is -0.145. The van der Waals surface area contributed by atoms with Crippen molar-refractivity contribution in [3.05, 3.63) is 11.6 Å². The van der Waals surface area contributed by atoms with Crippen molar-refractivity contribution in [1.29, 1.82) is 0 Å². The Balaban J connectivity index is 1.89. The van der Waals surface area contributed by atoms with Gasteiger partial charge in [-0.2, -0.15) is 0 Å². The summed E-state index contributed by atoms with van der Waals surface area (Å²) in [4.78, 5) is 13.6. The van der Waals surface area contributed by atoms with E-state index in [4.69, 9.17) is 4.74 Å². The Kier molecular flexibility index (Phi) is 2.87. The highest BCUT2D eigenvalue weighted by atomic mass is 16.5. The predicted octanol–water partition coefficient (Wildman–Crippen LogP) is 1.34. The van der Waals surface area contributed by atoms with Gasteiger partial charge in [-0.15, -0.1) is 0 Å². The van der Waals surface area contributed by atoms with E-state index in [-0.39, 0.29) is 12.0 Å².